The van der Waals surface area contributed by atoms with Gasteiger partial charge in [0.1, 0.15) is 0 Å². The average molecular weight is 277 g/mol. The third-order valence-electron chi connectivity index (χ3n) is 2.96. The van der Waals surface area contributed by atoms with Crippen LogP contribution in [0, 0.1) is 6.92 Å². The molecule has 1 N–H and O–H groups in total. The summed E-state index contributed by atoms with van der Waals surface area (Å²) in [7, 11) is 1.93. The van der Waals surface area contributed by atoms with E-state index in [1.165, 1.54) is 5.56 Å². The highest BCUT2D eigenvalue weighted by atomic mass is 16.5. The molecule has 0 aliphatic rings. The van der Waals surface area contributed by atoms with E-state index in [9.17, 15) is 0 Å². The Balaban J connectivity index is 1.92. The Morgan fingerprint density at radius 3 is 2.90 bits per heavy atom. The van der Waals surface area contributed by atoms with Crippen LogP contribution in [-0.2, 0) is 18.3 Å². The molecule has 2 aromatic rings. The fraction of sp³-hybridized carbons (Fsp3) is 0.571. The first-order chi connectivity index (χ1) is 9.69. The van der Waals surface area contributed by atoms with E-state index in [2.05, 4.69) is 26.2 Å². The lowest BCUT2D eigenvalue weighted by atomic mass is 10.3. The molecule has 0 saturated heterocycles. The second kappa shape index (κ2) is 7.09. The zero-order valence-corrected chi connectivity index (χ0v) is 12.5. The normalized spacial score (nSPS) is 10.9. The Morgan fingerprint density at radius 1 is 1.35 bits per heavy atom. The Hall–Kier alpha value is -1.82. The lowest BCUT2D eigenvalue weighted by Gasteiger charge is -2.08. The third-order valence-corrected chi connectivity index (χ3v) is 2.96. The van der Waals surface area contributed by atoms with Crippen molar-refractivity contribution in [2.24, 2.45) is 7.05 Å². The second-order valence-corrected chi connectivity index (χ2v) is 4.83. The molecule has 0 amide bonds. The summed E-state index contributed by atoms with van der Waals surface area (Å²) in [4.78, 5) is 4.52. The van der Waals surface area contributed by atoms with Crippen molar-refractivity contribution < 1.29 is 4.74 Å². The smallest absolute Gasteiger partial charge is 0.203 e. The SMILES string of the molecule is CCOCCCNc1nc(C)cn1Cc1cnn(C)c1. The molecule has 6 nitrogen and oxygen atoms in total. The van der Waals surface area contributed by atoms with Crippen LogP contribution >= 0.6 is 0 Å². The summed E-state index contributed by atoms with van der Waals surface area (Å²) in [5, 5.41) is 7.56. The molecule has 0 aliphatic heterocycles. The maximum Gasteiger partial charge on any atom is 0.203 e. The highest BCUT2D eigenvalue weighted by Crippen LogP contribution is 2.11. The van der Waals surface area contributed by atoms with Crippen LogP contribution in [-0.4, -0.2) is 39.1 Å². The summed E-state index contributed by atoms with van der Waals surface area (Å²) in [6, 6.07) is 0. The molecule has 0 unspecified atom stereocenters. The number of nitrogens with one attached hydrogen (secondary N) is 1. The minimum absolute atomic E-state index is 0.773. The third kappa shape index (κ3) is 4.09. The molecule has 6 heteroatoms. The van der Waals surface area contributed by atoms with Gasteiger partial charge in [-0.3, -0.25) is 4.68 Å². The van der Waals surface area contributed by atoms with Gasteiger partial charge in [-0.05, 0) is 20.3 Å². The van der Waals surface area contributed by atoms with Crippen molar-refractivity contribution in [2.45, 2.75) is 26.8 Å². The van der Waals surface area contributed by atoms with E-state index < -0.39 is 0 Å². The minimum Gasteiger partial charge on any atom is -0.382 e. The lowest BCUT2D eigenvalue weighted by molar-refractivity contribution is 0.147. The largest absolute Gasteiger partial charge is 0.382 e. The number of aryl methyl sites for hydroxylation is 2. The first kappa shape index (κ1) is 14.6. The van der Waals surface area contributed by atoms with Crippen LogP contribution in [0.2, 0.25) is 0 Å². The number of hydrogen-bond acceptors (Lipinski definition) is 4. The van der Waals surface area contributed by atoms with Gasteiger partial charge in [-0.15, -0.1) is 0 Å². The maximum atomic E-state index is 5.33. The monoisotopic (exact) mass is 277 g/mol. The molecule has 20 heavy (non-hydrogen) atoms. The molecule has 0 bridgehead atoms. The number of ether oxygens (including phenoxy) is 1. The predicted octanol–water partition coefficient (Wildman–Crippen LogP) is 1.81. The molecule has 0 radical (unpaired) electrons. The van der Waals surface area contributed by atoms with Crippen LogP contribution in [0.5, 0.6) is 0 Å². The summed E-state index contributed by atoms with van der Waals surface area (Å²) in [6.07, 6.45) is 6.94. The molecule has 0 fully saturated rings. The van der Waals surface area contributed by atoms with Crippen LogP contribution < -0.4 is 5.32 Å². The molecular formula is C14H23N5O. The first-order valence-electron chi connectivity index (χ1n) is 7.02. The summed E-state index contributed by atoms with van der Waals surface area (Å²) in [5.74, 6) is 0.905. The first-order valence-corrected chi connectivity index (χ1v) is 7.02. The van der Waals surface area contributed by atoms with Crippen molar-refractivity contribution >= 4 is 5.95 Å². The molecular weight excluding hydrogens is 254 g/mol. The Bertz CT molecular complexity index is 531. The number of imidazole rings is 1. The highest BCUT2D eigenvalue weighted by Gasteiger charge is 2.06. The van der Waals surface area contributed by atoms with Crippen molar-refractivity contribution in [2.75, 3.05) is 25.1 Å². The van der Waals surface area contributed by atoms with Gasteiger partial charge in [0, 0.05) is 44.8 Å². The van der Waals surface area contributed by atoms with Crippen LogP contribution in [0.25, 0.3) is 0 Å². The summed E-state index contributed by atoms with van der Waals surface area (Å²) >= 11 is 0. The topological polar surface area (TPSA) is 56.9 Å². The van der Waals surface area contributed by atoms with E-state index in [-0.39, 0.29) is 0 Å². The molecule has 2 heterocycles. The average Bonchev–Trinajstić information content (AvgIpc) is 2.96. The number of hydrogen-bond donors (Lipinski definition) is 1. The summed E-state index contributed by atoms with van der Waals surface area (Å²) in [6.45, 7) is 7.22. The van der Waals surface area contributed by atoms with Crippen LogP contribution in [0.3, 0.4) is 0 Å². The highest BCUT2D eigenvalue weighted by molar-refractivity contribution is 5.29. The molecule has 0 atom stereocenters. The fourth-order valence-corrected chi connectivity index (χ4v) is 2.08. The maximum absolute atomic E-state index is 5.33. The summed E-state index contributed by atoms with van der Waals surface area (Å²) < 4.78 is 9.26. The molecule has 0 aliphatic carbocycles. The number of anilines is 1. The molecule has 110 valence electrons. The fourth-order valence-electron chi connectivity index (χ4n) is 2.08. The van der Waals surface area contributed by atoms with Crippen molar-refractivity contribution in [1.29, 1.82) is 0 Å². The van der Waals surface area contributed by atoms with Gasteiger partial charge in [-0.1, -0.05) is 0 Å². The van der Waals surface area contributed by atoms with Gasteiger partial charge in [-0.25, -0.2) is 4.98 Å². The number of aromatic nitrogens is 4. The predicted molar refractivity (Wildman–Crippen MR) is 78.9 cm³/mol. The van der Waals surface area contributed by atoms with Crippen molar-refractivity contribution in [1.82, 2.24) is 19.3 Å². The molecule has 0 spiro atoms. The lowest BCUT2D eigenvalue weighted by Crippen LogP contribution is -2.11. The summed E-state index contributed by atoms with van der Waals surface area (Å²) in [5.41, 5.74) is 2.18. The molecule has 0 aromatic carbocycles. The van der Waals surface area contributed by atoms with E-state index in [1.807, 2.05) is 38.0 Å². The zero-order valence-electron chi connectivity index (χ0n) is 12.5. The van der Waals surface area contributed by atoms with Gasteiger partial charge < -0.3 is 14.6 Å². The van der Waals surface area contributed by atoms with Gasteiger partial charge >= 0.3 is 0 Å². The van der Waals surface area contributed by atoms with Crippen molar-refractivity contribution in [3.8, 4) is 0 Å². The van der Waals surface area contributed by atoms with Crippen molar-refractivity contribution in [3.05, 3.63) is 29.8 Å². The van der Waals surface area contributed by atoms with Crippen LogP contribution in [0.15, 0.2) is 18.6 Å². The van der Waals surface area contributed by atoms with E-state index in [1.54, 1.807) is 0 Å². The van der Waals surface area contributed by atoms with E-state index in [0.29, 0.717) is 0 Å². The molecule has 2 rings (SSSR count). The van der Waals surface area contributed by atoms with E-state index in [4.69, 9.17) is 4.74 Å². The van der Waals surface area contributed by atoms with E-state index >= 15 is 0 Å². The Morgan fingerprint density at radius 2 is 2.20 bits per heavy atom. The van der Waals surface area contributed by atoms with Crippen LogP contribution in [0.1, 0.15) is 24.6 Å². The van der Waals surface area contributed by atoms with Crippen molar-refractivity contribution in [3.63, 3.8) is 0 Å². The van der Waals surface area contributed by atoms with Gasteiger partial charge in [0.25, 0.3) is 0 Å². The Labute approximate surface area is 119 Å². The number of rotatable bonds is 8. The Kier molecular flexibility index (Phi) is 5.17. The van der Waals surface area contributed by atoms with E-state index in [0.717, 1.165) is 44.4 Å². The van der Waals surface area contributed by atoms with Gasteiger partial charge in [0.2, 0.25) is 5.95 Å². The van der Waals surface area contributed by atoms with Gasteiger partial charge in [0.05, 0.1) is 18.4 Å². The number of nitrogens with zero attached hydrogens (tertiary/aromatic N) is 4. The molecule has 2 aromatic heterocycles. The zero-order chi connectivity index (χ0) is 14.4. The van der Waals surface area contributed by atoms with Gasteiger partial charge in [0.15, 0.2) is 0 Å². The van der Waals surface area contributed by atoms with Crippen LogP contribution in [0.4, 0.5) is 5.95 Å². The quantitative estimate of drug-likeness (QED) is 0.748. The minimum atomic E-state index is 0.773. The standard InChI is InChI=1S/C14H23N5O/c1-4-20-7-5-6-15-14-17-12(2)9-19(14)11-13-8-16-18(3)10-13/h8-10H,4-7,11H2,1-3H3,(H,15,17). The second-order valence-electron chi connectivity index (χ2n) is 4.83. The van der Waals surface area contributed by atoms with Gasteiger partial charge in [-0.2, -0.15) is 5.10 Å². The molecule has 0 saturated carbocycles.